The van der Waals surface area contributed by atoms with Crippen LogP contribution in [0.1, 0.15) is 32.4 Å². The van der Waals surface area contributed by atoms with E-state index in [4.69, 9.17) is 9.84 Å². The van der Waals surface area contributed by atoms with Crippen LogP contribution >= 0.6 is 0 Å². The first-order valence-corrected chi connectivity index (χ1v) is 6.11. The van der Waals surface area contributed by atoms with Crippen molar-refractivity contribution in [2.45, 2.75) is 26.8 Å². The van der Waals surface area contributed by atoms with Crippen LogP contribution in [-0.2, 0) is 4.79 Å². The molecule has 4 nitrogen and oxygen atoms in total. The molecular weight excluding hydrogens is 249 g/mol. The zero-order chi connectivity index (χ0) is 14.6. The van der Waals surface area contributed by atoms with Crippen molar-refractivity contribution in [2.24, 2.45) is 5.41 Å². The van der Waals surface area contributed by atoms with E-state index in [1.807, 2.05) is 6.92 Å². The van der Waals surface area contributed by atoms with Crippen molar-refractivity contribution in [3.05, 3.63) is 29.6 Å². The Kier molecular flexibility index (Phi) is 4.89. The third-order valence-electron chi connectivity index (χ3n) is 3.04. The molecule has 0 fully saturated rings. The summed E-state index contributed by atoms with van der Waals surface area (Å²) in [6, 6.07) is 4.27. The molecule has 1 aromatic rings. The number of ether oxygens (including phenoxy) is 1. The number of nitrogens with one attached hydrogen (secondary N) is 1. The quantitative estimate of drug-likeness (QED) is 0.833. The van der Waals surface area contributed by atoms with Gasteiger partial charge in [0, 0.05) is 17.7 Å². The fourth-order valence-corrected chi connectivity index (χ4v) is 1.47. The number of aliphatic carboxylic acids is 1. The number of halogens is 1. The normalized spacial score (nSPS) is 13.1. The molecule has 0 aromatic heterocycles. The molecule has 0 spiro atoms. The van der Waals surface area contributed by atoms with Gasteiger partial charge in [-0.1, -0.05) is 6.07 Å². The van der Waals surface area contributed by atoms with E-state index in [1.54, 1.807) is 27.0 Å². The first kappa shape index (κ1) is 15.4. The van der Waals surface area contributed by atoms with Crippen molar-refractivity contribution >= 4 is 5.97 Å². The van der Waals surface area contributed by atoms with Gasteiger partial charge in [0.2, 0.25) is 0 Å². The van der Waals surface area contributed by atoms with E-state index in [0.29, 0.717) is 5.75 Å². The fraction of sp³-hybridized carbons (Fsp3) is 0.500. The van der Waals surface area contributed by atoms with Gasteiger partial charge in [0.1, 0.15) is 18.2 Å². The van der Waals surface area contributed by atoms with E-state index >= 15 is 0 Å². The lowest BCUT2D eigenvalue weighted by Crippen LogP contribution is -2.31. The van der Waals surface area contributed by atoms with Crippen LogP contribution < -0.4 is 10.1 Å². The summed E-state index contributed by atoms with van der Waals surface area (Å²) in [4.78, 5) is 11.0. The van der Waals surface area contributed by atoms with Crippen molar-refractivity contribution in [2.75, 3.05) is 13.7 Å². The van der Waals surface area contributed by atoms with Gasteiger partial charge in [0.15, 0.2) is 0 Å². The molecule has 0 radical (unpaired) electrons. The molecular formula is C14H20FNO3. The number of carboxylic acids is 1. The van der Waals surface area contributed by atoms with Crippen molar-refractivity contribution in [3.63, 3.8) is 0 Å². The van der Waals surface area contributed by atoms with Gasteiger partial charge in [-0.25, -0.2) is 4.39 Å². The topological polar surface area (TPSA) is 58.6 Å². The Balaban J connectivity index is 2.93. The second kappa shape index (κ2) is 6.02. The standard InChI is InChI=1S/C14H20FNO3/c1-9(16-4)11-6-5-10(15)7-12(11)19-8-14(2,3)13(17)18/h5-7,9,16H,8H2,1-4H3,(H,17,18). The van der Waals surface area contributed by atoms with Crippen molar-refractivity contribution in [1.82, 2.24) is 5.32 Å². The average Bonchev–Trinajstić information content (AvgIpc) is 2.35. The van der Waals surface area contributed by atoms with Gasteiger partial charge < -0.3 is 15.2 Å². The highest BCUT2D eigenvalue weighted by Gasteiger charge is 2.28. The molecule has 1 aromatic carbocycles. The zero-order valence-corrected chi connectivity index (χ0v) is 11.7. The molecule has 5 heteroatoms. The third-order valence-corrected chi connectivity index (χ3v) is 3.04. The van der Waals surface area contributed by atoms with Crippen LogP contribution in [0.25, 0.3) is 0 Å². The average molecular weight is 269 g/mol. The zero-order valence-electron chi connectivity index (χ0n) is 11.7. The molecule has 0 saturated carbocycles. The van der Waals surface area contributed by atoms with E-state index in [0.717, 1.165) is 5.56 Å². The summed E-state index contributed by atoms with van der Waals surface area (Å²) in [6.07, 6.45) is 0. The van der Waals surface area contributed by atoms with Crippen molar-refractivity contribution in [3.8, 4) is 5.75 Å². The molecule has 0 saturated heterocycles. The minimum atomic E-state index is -1.02. The SMILES string of the molecule is CNC(C)c1ccc(F)cc1OCC(C)(C)C(=O)O. The van der Waals surface area contributed by atoms with E-state index in [-0.39, 0.29) is 12.6 Å². The Morgan fingerprint density at radius 2 is 2.16 bits per heavy atom. The molecule has 106 valence electrons. The predicted molar refractivity (Wildman–Crippen MR) is 70.8 cm³/mol. The second-order valence-corrected chi connectivity index (χ2v) is 5.17. The minimum Gasteiger partial charge on any atom is -0.492 e. The van der Waals surface area contributed by atoms with Gasteiger partial charge in [-0.05, 0) is 33.9 Å². The molecule has 0 aliphatic heterocycles. The highest BCUT2D eigenvalue weighted by molar-refractivity contribution is 5.73. The number of rotatable bonds is 6. The second-order valence-electron chi connectivity index (χ2n) is 5.17. The Morgan fingerprint density at radius 3 is 2.68 bits per heavy atom. The molecule has 1 unspecified atom stereocenters. The Bertz CT molecular complexity index is 460. The Morgan fingerprint density at radius 1 is 1.53 bits per heavy atom. The monoisotopic (exact) mass is 269 g/mol. The lowest BCUT2D eigenvalue weighted by atomic mass is 9.95. The van der Waals surface area contributed by atoms with Gasteiger partial charge in [0.05, 0.1) is 5.41 Å². The first-order chi connectivity index (χ1) is 8.77. The molecule has 0 bridgehead atoms. The predicted octanol–water partition coefficient (Wildman–Crippen LogP) is 2.60. The molecule has 1 rings (SSSR count). The third kappa shape index (κ3) is 3.92. The molecule has 0 aliphatic rings. The van der Waals surface area contributed by atoms with Crippen molar-refractivity contribution < 1.29 is 19.0 Å². The number of benzene rings is 1. The van der Waals surface area contributed by atoms with Gasteiger partial charge >= 0.3 is 5.97 Å². The number of carbonyl (C=O) groups is 1. The van der Waals surface area contributed by atoms with Gasteiger partial charge in [-0.3, -0.25) is 4.79 Å². The van der Waals surface area contributed by atoms with Crippen LogP contribution in [0, 0.1) is 11.2 Å². The molecule has 2 N–H and O–H groups in total. The summed E-state index contributed by atoms with van der Waals surface area (Å²) in [5.41, 5.74) is -0.225. The summed E-state index contributed by atoms with van der Waals surface area (Å²) in [6.45, 7) is 5.03. The van der Waals surface area contributed by atoms with Gasteiger partial charge in [0.25, 0.3) is 0 Å². The van der Waals surface area contributed by atoms with Crippen LogP contribution in [-0.4, -0.2) is 24.7 Å². The Hall–Kier alpha value is -1.62. The van der Waals surface area contributed by atoms with Gasteiger partial charge in [-0.15, -0.1) is 0 Å². The molecule has 0 aliphatic carbocycles. The van der Waals surface area contributed by atoms with Crippen LogP contribution in [0.5, 0.6) is 5.75 Å². The van der Waals surface area contributed by atoms with E-state index in [2.05, 4.69) is 5.32 Å². The van der Waals surface area contributed by atoms with Crippen LogP contribution in [0.2, 0.25) is 0 Å². The highest BCUT2D eigenvalue weighted by Crippen LogP contribution is 2.28. The summed E-state index contributed by atoms with van der Waals surface area (Å²) >= 11 is 0. The molecule has 19 heavy (non-hydrogen) atoms. The first-order valence-electron chi connectivity index (χ1n) is 6.11. The summed E-state index contributed by atoms with van der Waals surface area (Å²) in [5.74, 6) is -0.988. The number of hydrogen-bond donors (Lipinski definition) is 2. The molecule has 0 amide bonds. The molecule has 1 atom stereocenters. The maximum atomic E-state index is 13.3. The fourth-order valence-electron chi connectivity index (χ4n) is 1.47. The smallest absolute Gasteiger partial charge is 0.312 e. The minimum absolute atomic E-state index is 0.0106. The van der Waals surface area contributed by atoms with Crippen molar-refractivity contribution in [1.29, 1.82) is 0 Å². The Labute approximate surface area is 112 Å². The largest absolute Gasteiger partial charge is 0.492 e. The van der Waals surface area contributed by atoms with Gasteiger partial charge in [-0.2, -0.15) is 0 Å². The van der Waals surface area contributed by atoms with Crippen LogP contribution in [0.4, 0.5) is 4.39 Å². The number of carboxylic acid groups (broad SMARTS) is 1. The van der Waals surface area contributed by atoms with E-state index < -0.39 is 17.2 Å². The highest BCUT2D eigenvalue weighted by atomic mass is 19.1. The maximum absolute atomic E-state index is 13.3. The lowest BCUT2D eigenvalue weighted by Gasteiger charge is -2.22. The summed E-state index contributed by atoms with van der Waals surface area (Å²) < 4.78 is 18.8. The summed E-state index contributed by atoms with van der Waals surface area (Å²) in [7, 11) is 1.79. The number of hydrogen-bond acceptors (Lipinski definition) is 3. The summed E-state index contributed by atoms with van der Waals surface area (Å²) in [5, 5.41) is 12.1. The maximum Gasteiger partial charge on any atom is 0.312 e. The molecule has 0 heterocycles. The van der Waals surface area contributed by atoms with E-state index in [1.165, 1.54) is 12.1 Å². The lowest BCUT2D eigenvalue weighted by molar-refractivity contribution is -0.148. The van der Waals surface area contributed by atoms with E-state index in [9.17, 15) is 9.18 Å². The van der Waals surface area contributed by atoms with Crippen LogP contribution in [0.15, 0.2) is 18.2 Å². The van der Waals surface area contributed by atoms with Crippen LogP contribution in [0.3, 0.4) is 0 Å².